The number of aromatic hydroxyl groups is 1. The fraction of sp³-hybridized carbons (Fsp3) is 0.0588. The fourth-order valence-electron chi connectivity index (χ4n) is 2.38. The summed E-state index contributed by atoms with van der Waals surface area (Å²) in [6, 6.07) is 14.4. The Kier molecular flexibility index (Phi) is 3.06. The van der Waals surface area contributed by atoms with Crippen molar-refractivity contribution in [1.29, 1.82) is 0 Å². The molecular formula is C17H13NO3. The predicted molar refractivity (Wildman–Crippen MR) is 80.5 cm³/mol. The molecule has 0 aliphatic rings. The maximum absolute atomic E-state index is 11.5. The minimum absolute atomic E-state index is 0.112. The Bertz CT molecular complexity index is 842. The quantitative estimate of drug-likeness (QED) is 0.751. The van der Waals surface area contributed by atoms with Crippen LogP contribution in [0.2, 0.25) is 0 Å². The molecular weight excluding hydrogens is 266 g/mol. The highest BCUT2D eigenvalue weighted by atomic mass is 16.4. The van der Waals surface area contributed by atoms with Gasteiger partial charge < -0.3 is 10.2 Å². The summed E-state index contributed by atoms with van der Waals surface area (Å²) in [7, 11) is 0. The number of benzene rings is 2. The van der Waals surface area contributed by atoms with Gasteiger partial charge in [0.05, 0.1) is 5.52 Å². The van der Waals surface area contributed by atoms with Gasteiger partial charge in [-0.05, 0) is 18.6 Å². The second-order valence-corrected chi connectivity index (χ2v) is 4.88. The van der Waals surface area contributed by atoms with Gasteiger partial charge in [-0.15, -0.1) is 0 Å². The molecule has 104 valence electrons. The van der Waals surface area contributed by atoms with Crippen LogP contribution < -0.4 is 0 Å². The Morgan fingerprint density at radius 2 is 1.81 bits per heavy atom. The van der Waals surface area contributed by atoms with E-state index in [2.05, 4.69) is 4.98 Å². The zero-order chi connectivity index (χ0) is 15.0. The minimum atomic E-state index is -1.17. The highest BCUT2D eigenvalue weighted by Gasteiger charge is 2.20. The zero-order valence-electron chi connectivity index (χ0n) is 11.4. The number of aromatic nitrogens is 1. The third kappa shape index (κ3) is 2.21. The van der Waals surface area contributed by atoms with E-state index in [0.717, 1.165) is 5.56 Å². The van der Waals surface area contributed by atoms with Crippen molar-refractivity contribution < 1.29 is 15.0 Å². The number of pyridine rings is 1. The normalized spacial score (nSPS) is 10.7. The van der Waals surface area contributed by atoms with Crippen LogP contribution in [0, 0.1) is 6.92 Å². The number of hydrogen-bond acceptors (Lipinski definition) is 3. The number of aryl methyl sites for hydroxylation is 1. The van der Waals surface area contributed by atoms with Crippen molar-refractivity contribution in [3.05, 3.63) is 59.7 Å². The van der Waals surface area contributed by atoms with E-state index in [1.165, 1.54) is 0 Å². The van der Waals surface area contributed by atoms with Crippen LogP contribution in [-0.4, -0.2) is 21.2 Å². The first-order chi connectivity index (χ1) is 10.1. The molecule has 0 radical (unpaired) electrons. The van der Waals surface area contributed by atoms with Gasteiger partial charge in [-0.3, -0.25) is 0 Å². The number of carboxylic acid groups (broad SMARTS) is 1. The average molecular weight is 279 g/mol. The van der Waals surface area contributed by atoms with Gasteiger partial charge in [0.1, 0.15) is 11.3 Å². The van der Waals surface area contributed by atoms with Crippen LogP contribution in [0.15, 0.2) is 48.5 Å². The molecule has 3 aromatic rings. The molecule has 0 aliphatic carbocycles. The van der Waals surface area contributed by atoms with Crippen molar-refractivity contribution in [1.82, 2.24) is 4.98 Å². The summed E-state index contributed by atoms with van der Waals surface area (Å²) < 4.78 is 0. The molecule has 2 aromatic carbocycles. The van der Waals surface area contributed by atoms with Gasteiger partial charge in [0.25, 0.3) is 0 Å². The molecule has 0 saturated carbocycles. The summed E-state index contributed by atoms with van der Waals surface area (Å²) in [6.45, 7) is 1.91. The van der Waals surface area contributed by atoms with Crippen LogP contribution in [-0.2, 0) is 0 Å². The molecule has 0 atom stereocenters. The summed E-state index contributed by atoms with van der Waals surface area (Å²) in [5.41, 5.74) is 2.39. The van der Waals surface area contributed by atoms with E-state index in [1.807, 2.05) is 31.2 Å². The van der Waals surface area contributed by atoms with Crippen LogP contribution in [0.25, 0.3) is 22.2 Å². The van der Waals surface area contributed by atoms with Gasteiger partial charge >= 0.3 is 5.97 Å². The number of carbonyl (C=O) groups is 1. The lowest BCUT2D eigenvalue weighted by Crippen LogP contribution is -2.02. The van der Waals surface area contributed by atoms with Crippen LogP contribution in [0.5, 0.6) is 5.75 Å². The standard InChI is InChI=1S/C17H13NO3/c1-10-7-8-12-13(9-10)18-15(11-5-3-2-4-6-11)16(19)14(12)17(20)21/h2-9,19H,1H3,(H,20,21). The molecule has 1 heterocycles. The Morgan fingerprint density at radius 3 is 2.48 bits per heavy atom. The first kappa shape index (κ1) is 13.1. The highest BCUT2D eigenvalue weighted by Crippen LogP contribution is 2.35. The monoisotopic (exact) mass is 279 g/mol. The third-order valence-electron chi connectivity index (χ3n) is 3.38. The highest BCUT2D eigenvalue weighted by molar-refractivity contribution is 6.07. The molecule has 0 spiro atoms. The second kappa shape index (κ2) is 4.90. The second-order valence-electron chi connectivity index (χ2n) is 4.88. The lowest BCUT2D eigenvalue weighted by atomic mass is 10.0. The van der Waals surface area contributed by atoms with Gasteiger partial charge in [-0.2, -0.15) is 0 Å². The Labute approximate surface area is 121 Å². The fourth-order valence-corrected chi connectivity index (χ4v) is 2.38. The summed E-state index contributed by atoms with van der Waals surface area (Å²) in [6.07, 6.45) is 0. The van der Waals surface area contributed by atoms with Crippen LogP contribution in [0.1, 0.15) is 15.9 Å². The molecule has 21 heavy (non-hydrogen) atoms. The van der Waals surface area contributed by atoms with E-state index in [9.17, 15) is 15.0 Å². The maximum Gasteiger partial charge on any atom is 0.340 e. The van der Waals surface area contributed by atoms with Crippen LogP contribution >= 0.6 is 0 Å². The van der Waals surface area contributed by atoms with Crippen LogP contribution in [0.4, 0.5) is 0 Å². The number of rotatable bonds is 2. The van der Waals surface area contributed by atoms with Crippen molar-refractivity contribution in [3.8, 4) is 17.0 Å². The summed E-state index contributed by atoms with van der Waals surface area (Å²) in [5, 5.41) is 20.2. The average Bonchev–Trinajstić information content (AvgIpc) is 2.47. The molecule has 2 N–H and O–H groups in total. The van der Waals surface area contributed by atoms with Crippen molar-refractivity contribution in [2.45, 2.75) is 6.92 Å². The molecule has 0 saturated heterocycles. The Hall–Kier alpha value is -2.88. The van der Waals surface area contributed by atoms with E-state index < -0.39 is 5.97 Å². The van der Waals surface area contributed by atoms with E-state index in [1.54, 1.807) is 24.3 Å². The zero-order valence-corrected chi connectivity index (χ0v) is 11.4. The number of fused-ring (bicyclic) bond motifs is 1. The van der Waals surface area contributed by atoms with E-state index >= 15 is 0 Å². The number of nitrogens with zero attached hydrogens (tertiary/aromatic N) is 1. The SMILES string of the molecule is Cc1ccc2c(C(=O)O)c(O)c(-c3ccccc3)nc2c1. The van der Waals surface area contributed by atoms with Gasteiger partial charge in [-0.1, -0.05) is 42.5 Å². The van der Waals surface area contributed by atoms with Gasteiger partial charge in [0.2, 0.25) is 0 Å². The predicted octanol–water partition coefficient (Wildman–Crippen LogP) is 3.61. The molecule has 1 aromatic heterocycles. The first-order valence-electron chi connectivity index (χ1n) is 6.50. The molecule has 4 heteroatoms. The van der Waals surface area contributed by atoms with E-state index in [0.29, 0.717) is 16.5 Å². The molecule has 3 rings (SSSR count). The third-order valence-corrected chi connectivity index (χ3v) is 3.38. The molecule has 0 bridgehead atoms. The molecule has 4 nitrogen and oxygen atoms in total. The van der Waals surface area contributed by atoms with Crippen molar-refractivity contribution >= 4 is 16.9 Å². The minimum Gasteiger partial charge on any atom is -0.505 e. The van der Waals surface area contributed by atoms with Crippen molar-refractivity contribution in [3.63, 3.8) is 0 Å². The van der Waals surface area contributed by atoms with Crippen LogP contribution in [0.3, 0.4) is 0 Å². The Balaban J connectivity index is 2.41. The topological polar surface area (TPSA) is 70.4 Å². The summed E-state index contributed by atoms with van der Waals surface area (Å²) >= 11 is 0. The van der Waals surface area contributed by atoms with Gasteiger partial charge in [0, 0.05) is 10.9 Å². The van der Waals surface area contributed by atoms with Gasteiger partial charge in [-0.25, -0.2) is 9.78 Å². The maximum atomic E-state index is 11.5. The molecule has 0 aliphatic heterocycles. The number of hydrogen-bond donors (Lipinski definition) is 2. The van der Waals surface area contributed by atoms with E-state index in [-0.39, 0.29) is 17.0 Å². The number of carboxylic acids is 1. The summed E-state index contributed by atoms with van der Waals surface area (Å²) in [5.74, 6) is -1.47. The molecule has 0 unspecified atom stereocenters. The molecule has 0 fully saturated rings. The smallest absolute Gasteiger partial charge is 0.340 e. The Morgan fingerprint density at radius 1 is 1.10 bits per heavy atom. The number of aromatic carboxylic acids is 1. The lowest BCUT2D eigenvalue weighted by Gasteiger charge is -2.11. The molecule has 0 amide bonds. The van der Waals surface area contributed by atoms with Crippen molar-refractivity contribution in [2.75, 3.05) is 0 Å². The lowest BCUT2D eigenvalue weighted by molar-refractivity contribution is 0.0696. The first-order valence-corrected chi connectivity index (χ1v) is 6.50. The van der Waals surface area contributed by atoms with E-state index in [4.69, 9.17) is 0 Å². The van der Waals surface area contributed by atoms with Crippen molar-refractivity contribution in [2.24, 2.45) is 0 Å². The summed E-state index contributed by atoms with van der Waals surface area (Å²) in [4.78, 5) is 16.0. The largest absolute Gasteiger partial charge is 0.505 e. The van der Waals surface area contributed by atoms with Gasteiger partial charge in [0.15, 0.2) is 5.75 Å².